The van der Waals surface area contributed by atoms with Gasteiger partial charge in [-0.3, -0.25) is 4.99 Å². The van der Waals surface area contributed by atoms with Crippen molar-refractivity contribution in [2.45, 2.75) is 71.8 Å². The van der Waals surface area contributed by atoms with Crippen molar-refractivity contribution < 1.29 is 8.42 Å². The van der Waals surface area contributed by atoms with Crippen molar-refractivity contribution in [1.29, 1.82) is 0 Å². The molecule has 1 rings (SSSR count). The molecule has 0 radical (unpaired) electrons. The van der Waals surface area contributed by atoms with Crippen molar-refractivity contribution in [3.05, 3.63) is 35.4 Å². The first-order valence-corrected chi connectivity index (χ1v) is 11.3. The summed E-state index contributed by atoms with van der Waals surface area (Å²) >= 11 is 0. The predicted octanol–water partition coefficient (Wildman–Crippen LogP) is 3.00. The number of nitrogens with one attached hydrogen (secondary N) is 3. The molecule has 154 valence electrons. The summed E-state index contributed by atoms with van der Waals surface area (Å²) in [6.07, 6.45) is 2.24. The summed E-state index contributed by atoms with van der Waals surface area (Å²) in [5.74, 6) is 1.38. The molecule has 7 heteroatoms. The van der Waals surface area contributed by atoms with Gasteiger partial charge in [0.05, 0.1) is 5.75 Å². The number of sulfonamides is 1. The number of benzene rings is 1. The first kappa shape index (κ1) is 23.4. The average Bonchev–Trinajstić information content (AvgIpc) is 2.56. The van der Waals surface area contributed by atoms with E-state index in [2.05, 4.69) is 41.1 Å². The van der Waals surface area contributed by atoms with Crippen molar-refractivity contribution >= 4 is 16.0 Å². The van der Waals surface area contributed by atoms with Crippen LogP contribution in [-0.4, -0.2) is 33.5 Å². The quantitative estimate of drug-likeness (QED) is 0.419. The summed E-state index contributed by atoms with van der Waals surface area (Å²) in [5.41, 5.74) is 1.74. The fourth-order valence-electron chi connectivity index (χ4n) is 2.74. The van der Waals surface area contributed by atoms with Crippen LogP contribution in [0.3, 0.4) is 0 Å². The number of aliphatic imine (C=N–C) groups is 1. The third kappa shape index (κ3) is 9.77. The third-order valence-corrected chi connectivity index (χ3v) is 5.63. The lowest BCUT2D eigenvalue weighted by atomic mass is 10.0. The van der Waals surface area contributed by atoms with Gasteiger partial charge < -0.3 is 10.6 Å². The number of hydrogen-bond acceptors (Lipinski definition) is 3. The maximum absolute atomic E-state index is 12.3. The number of rotatable bonds is 10. The molecule has 3 N–H and O–H groups in total. The fraction of sp³-hybridized carbons (Fsp3) is 0.650. The molecule has 0 spiro atoms. The average molecular weight is 397 g/mol. The number of nitrogens with zero attached hydrogens (tertiary/aromatic N) is 1. The van der Waals surface area contributed by atoms with Crippen LogP contribution in [0, 0.1) is 5.92 Å². The molecule has 0 aliphatic rings. The van der Waals surface area contributed by atoms with Gasteiger partial charge in [0, 0.05) is 25.7 Å². The van der Waals surface area contributed by atoms with E-state index in [9.17, 15) is 8.42 Å². The first-order chi connectivity index (χ1) is 12.6. The van der Waals surface area contributed by atoms with Gasteiger partial charge in [-0.2, -0.15) is 0 Å². The highest BCUT2D eigenvalue weighted by Crippen LogP contribution is 2.12. The molecule has 0 aromatic heterocycles. The molecule has 27 heavy (non-hydrogen) atoms. The molecule has 1 unspecified atom stereocenters. The lowest BCUT2D eigenvalue weighted by molar-refractivity contribution is 0.489. The van der Waals surface area contributed by atoms with E-state index in [0.717, 1.165) is 29.9 Å². The van der Waals surface area contributed by atoms with E-state index in [1.807, 2.05) is 38.1 Å². The van der Waals surface area contributed by atoms with Crippen LogP contribution in [0.5, 0.6) is 0 Å². The smallest absolute Gasteiger partial charge is 0.216 e. The molecule has 0 saturated carbocycles. The molecule has 0 aliphatic carbocycles. The Hall–Kier alpha value is -1.60. The Bertz CT molecular complexity index is 700. The standard InChI is InChI=1S/C20H36N4O2S/c1-15(2)11-12-17(5)23-20(21-6)22-13-18-9-7-8-10-19(18)14-27(25,26)24-16(3)4/h7-10,15-17,24H,11-14H2,1-6H3,(H2,21,22,23). The second-order valence-corrected chi connectivity index (χ2v) is 9.50. The minimum atomic E-state index is -3.36. The second-order valence-electron chi connectivity index (χ2n) is 7.74. The SMILES string of the molecule is CN=C(NCc1ccccc1CS(=O)(=O)NC(C)C)NC(C)CCC(C)C. The highest BCUT2D eigenvalue weighted by atomic mass is 32.2. The molecule has 0 bridgehead atoms. The summed E-state index contributed by atoms with van der Waals surface area (Å²) in [4.78, 5) is 4.28. The van der Waals surface area contributed by atoms with E-state index >= 15 is 0 Å². The van der Waals surface area contributed by atoms with Crippen molar-refractivity contribution in [2.75, 3.05) is 7.05 Å². The zero-order chi connectivity index (χ0) is 20.4. The van der Waals surface area contributed by atoms with E-state index < -0.39 is 10.0 Å². The molecular weight excluding hydrogens is 360 g/mol. The highest BCUT2D eigenvalue weighted by Gasteiger charge is 2.15. The summed E-state index contributed by atoms with van der Waals surface area (Å²) < 4.78 is 27.2. The summed E-state index contributed by atoms with van der Waals surface area (Å²) in [5, 5.41) is 6.69. The molecule has 0 heterocycles. The van der Waals surface area contributed by atoms with Crippen molar-refractivity contribution in [3.63, 3.8) is 0 Å². The Balaban J connectivity index is 2.71. The molecule has 1 aromatic carbocycles. The summed E-state index contributed by atoms with van der Waals surface area (Å²) in [7, 11) is -1.62. The largest absolute Gasteiger partial charge is 0.354 e. The van der Waals surface area contributed by atoms with Gasteiger partial charge in [0.25, 0.3) is 0 Å². The molecule has 0 amide bonds. The maximum atomic E-state index is 12.3. The van der Waals surface area contributed by atoms with Gasteiger partial charge in [-0.05, 0) is 50.7 Å². The maximum Gasteiger partial charge on any atom is 0.216 e. The second kappa shape index (κ2) is 11.3. The van der Waals surface area contributed by atoms with Gasteiger partial charge in [0.2, 0.25) is 10.0 Å². The zero-order valence-corrected chi connectivity index (χ0v) is 18.4. The normalized spacial score (nSPS) is 13.9. The molecule has 0 fully saturated rings. The van der Waals surface area contributed by atoms with Crippen LogP contribution in [0.2, 0.25) is 0 Å². The van der Waals surface area contributed by atoms with Gasteiger partial charge in [-0.1, -0.05) is 38.1 Å². The summed E-state index contributed by atoms with van der Waals surface area (Å²) in [6, 6.07) is 7.80. The van der Waals surface area contributed by atoms with Crippen LogP contribution in [-0.2, 0) is 22.3 Å². The van der Waals surface area contributed by atoms with E-state index in [-0.39, 0.29) is 11.8 Å². The molecule has 0 aliphatic heterocycles. The Morgan fingerprint density at radius 3 is 2.22 bits per heavy atom. The number of hydrogen-bond donors (Lipinski definition) is 3. The van der Waals surface area contributed by atoms with Crippen LogP contribution in [0.4, 0.5) is 0 Å². The molecular formula is C20H36N4O2S. The van der Waals surface area contributed by atoms with E-state index in [1.54, 1.807) is 7.05 Å². The van der Waals surface area contributed by atoms with E-state index in [0.29, 0.717) is 18.5 Å². The third-order valence-electron chi connectivity index (χ3n) is 4.11. The molecule has 0 saturated heterocycles. The van der Waals surface area contributed by atoms with Gasteiger partial charge in [0.15, 0.2) is 5.96 Å². The predicted molar refractivity (Wildman–Crippen MR) is 114 cm³/mol. The van der Waals surface area contributed by atoms with E-state index in [1.165, 1.54) is 0 Å². The summed E-state index contributed by atoms with van der Waals surface area (Å²) in [6.45, 7) is 10.7. The Morgan fingerprint density at radius 2 is 1.67 bits per heavy atom. The van der Waals surface area contributed by atoms with Crippen LogP contribution in [0.25, 0.3) is 0 Å². The number of guanidine groups is 1. The van der Waals surface area contributed by atoms with Crippen molar-refractivity contribution in [3.8, 4) is 0 Å². The molecule has 1 atom stereocenters. The van der Waals surface area contributed by atoms with Gasteiger partial charge >= 0.3 is 0 Å². The minimum Gasteiger partial charge on any atom is -0.354 e. The Labute approximate surface area is 165 Å². The molecule has 6 nitrogen and oxygen atoms in total. The minimum absolute atomic E-state index is 0.0279. The Kier molecular flexibility index (Phi) is 9.80. The zero-order valence-electron chi connectivity index (χ0n) is 17.5. The monoisotopic (exact) mass is 396 g/mol. The highest BCUT2D eigenvalue weighted by molar-refractivity contribution is 7.88. The fourth-order valence-corrected chi connectivity index (χ4v) is 4.23. The van der Waals surface area contributed by atoms with Crippen LogP contribution in [0.1, 0.15) is 58.6 Å². The lowest BCUT2D eigenvalue weighted by Crippen LogP contribution is -2.42. The van der Waals surface area contributed by atoms with Crippen molar-refractivity contribution in [2.24, 2.45) is 10.9 Å². The van der Waals surface area contributed by atoms with Crippen LogP contribution >= 0.6 is 0 Å². The van der Waals surface area contributed by atoms with Gasteiger partial charge in [-0.15, -0.1) is 0 Å². The van der Waals surface area contributed by atoms with E-state index in [4.69, 9.17) is 0 Å². The molecule has 1 aromatic rings. The van der Waals surface area contributed by atoms with Gasteiger partial charge in [-0.25, -0.2) is 13.1 Å². The van der Waals surface area contributed by atoms with Crippen LogP contribution in [0.15, 0.2) is 29.3 Å². The first-order valence-electron chi connectivity index (χ1n) is 9.67. The van der Waals surface area contributed by atoms with Gasteiger partial charge in [0.1, 0.15) is 0 Å². The van der Waals surface area contributed by atoms with Crippen LogP contribution < -0.4 is 15.4 Å². The topological polar surface area (TPSA) is 82.6 Å². The van der Waals surface area contributed by atoms with Crippen molar-refractivity contribution in [1.82, 2.24) is 15.4 Å². The lowest BCUT2D eigenvalue weighted by Gasteiger charge is -2.19. The Morgan fingerprint density at radius 1 is 1.04 bits per heavy atom.